The number of nitrogens with two attached hydrogens (primary N) is 1. The summed E-state index contributed by atoms with van der Waals surface area (Å²) in [5.74, 6) is 2.11. The fourth-order valence-electron chi connectivity index (χ4n) is 2.24. The Morgan fingerprint density at radius 1 is 1.62 bits per heavy atom. The molecule has 2 rings (SSSR count). The molecule has 3 atom stereocenters. The highest BCUT2D eigenvalue weighted by molar-refractivity contribution is 7.98. The van der Waals surface area contributed by atoms with Crippen LogP contribution in [0.3, 0.4) is 0 Å². The molecular formula is C13H21N5O2S. The fraction of sp³-hybridized carbons (Fsp3) is 0.615. The second-order valence-electron chi connectivity index (χ2n) is 5.36. The summed E-state index contributed by atoms with van der Waals surface area (Å²) in [7, 11) is 0. The normalized spacial score (nSPS) is 21.6. The van der Waals surface area contributed by atoms with Gasteiger partial charge in [-0.25, -0.2) is 4.79 Å². The zero-order valence-corrected chi connectivity index (χ0v) is 13.0. The van der Waals surface area contributed by atoms with Gasteiger partial charge in [-0.2, -0.15) is 16.9 Å². The van der Waals surface area contributed by atoms with Crippen molar-refractivity contribution in [3.05, 3.63) is 11.8 Å². The molecule has 1 aromatic rings. The third-order valence-corrected chi connectivity index (χ3v) is 4.25. The van der Waals surface area contributed by atoms with Crippen LogP contribution in [0, 0.1) is 5.92 Å². The van der Waals surface area contributed by atoms with Gasteiger partial charge in [0.2, 0.25) is 5.91 Å². The lowest BCUT2D eigenvalue weighted by atomic mass is 10.2. The Balaban J connectivity index is 1.93. The van der Waals surface area contributed by atoms with Crippen LogP contribution >= 0.6 is 11.8 Å². The number of rotatable bonds is 7. The molecule has 116 valence electrons. The summed E-state index contributed by atoms with van der Waals surface area (Å²) in [4.78, 5) is 23.1. The van der Waals surface area contributed by atoms with Crippen LogP contribution < -0.4 is 16.4 Å². The average molecular weight is 311 g/mol. The molecule has 1 aliphatic rings. The maximum Gasteiger partial charge on any atom is 0.312 e. The molecule has 0 unspecified atom stereocenters. The molecule has 1 heterocycles. The Kier molecular flexibility index (Phi) is 5.11. The van der Waals surface area contributed by atoms with Gasteiger partial charge in [0.05, 0.1) is 0 Å². The molecule has 5 N–H and O–H groups in total. The minimum atomic E-state index is -0.703. The fourth-order valence-corrected chi connectivity index (χ4v) is 2.71. The third-order valence-electron chi connectivity index (χ3n) is 3.60. The lowest BCUT2D eigenvalue weighted by Gasteiger charge is -2.15. The van der Waals surface area contributed by atoms with Gasteiger partial charge in [-0.15, -0.1) is 0 Å². The Labute approximate surface area is 127 Å². The number of amides is 3. The largest absolute Gasteiger partial charge is 0.352 e. The van der Waals surface area contributed by atoms with E-state index in [1.54, 1.807) is 11.8 Å². The zero-order chi connectivity index (χ0) is 15.4. The van der Waals surface area contributed by atoms with E-state index in [-0.39, 0.29) is 5.91 Å². The van der Waals surface area contributed by atoms with Crippen molar-refractivity contribution in [3.63, 3.8) is 0 Å². The van der Waals surface area contributed by atoms with E-state index in [0.717, 1.165) is 17.9 Å². The number of hydrogen-bond acceptors (Lipinski definition) is 4. The second-order valence-corrected chi connectivity index (χ2v) is 6.35. The SMILES string of the molecule is CSCC[C@H](NC(N)=O)C(=O)Nc1cc([C@@H]2C[C@H]2C)[nH]n1. The van der Waals surface area contributed by atoms with Crippen LogP contribution in [-0.2, 0) is 4.79 Å². The average Bonchev–Trinajstić information content (AvgIpc) is 2.97. The standard InChI is InChI=1S/C13H21N5O2S/c1-7-5-8(7)10-6-11(18-17-10)16-12(19)9(3-4-21-2)15-13(14)20/h6-9H,3-5H2,1-2H3,(H3,14,15,20)(H2,16,17,18,19)/t7-,8-,9+/m1/s1. The predicted octanol–water partition coefficient (Wildman–Crippen LogP) is 1.26. The number of urea groups is 1. The summed E-state index contributed by atoms with van der Waals surface area (Å²) in [5, 5.41) is 12.2. The number of anilines is 1. The van der Waals surface area contributed by atoms with E-state index < -0.39 is 12.1 Å². The monoisotopic (exact) mass is 311 g/mol. The summed E-state index contributed by atoms with van der Waals surface area (Å²) < 4.78 is 0. The van der Waals surface area contributed by atoms with Crippen LogP contribution in [0.4, 0.5) is 10.6 Å². The van der Waals surface area contributed by atoms with Gasteiger partial charge in [0, 0.05) is 17.7 Å². The molecule has 1 saturated carbocycles. The molecule has 0 radical (unpaired) electrons. The van der Waals surface area contributed by atoms with Gasteiger partial charge in [0.15, 0.2) is 5.82 Å². The Bertz CT molecular complexity index is 518. The number of hydrogen-bond donors (Lipinski definition) is 4. The van der Waals surface area contributed by atoms with E-state index in [0.29, 0.717) is 24.1 Å². The van der Waals surface area contributed by atoms with Crippen molar-refractivity contribution >= 4 is 29.5 Å². The van der Waals surface area contributed by atoms with Crippen LogP contribution in [0.15, 0.2) is 6.07 Å². The number of aromatic nitrogens is 2. The highest BCUT2D eigenvalue weighted by Crippen LogP contribution is 2.46. The highest BCUT2D eigenvalue weighted by atomic mass is 32.2. The number of H-pyrrole nitrogens is 1. The number of nitrogens with one attached hydrogen (secondary N) is 3. The van der Waals surface area contributed by atoms with Crippen LogP contribution in [0.2, 0.25) is 0 Å². The van der Waals surface area contributed by atoms with Crippen molar-refractivity contribution in [3.8, 4) is 0 Å². The minimum absolute atomic E-state index is 0.301. The molecule has 0 bridgehead atoms. The second kappa shape index (κ2) is 6.84. The summed E-state index contributed by atoms with van der Waals surface area (Å²) in [5.41, 5.74) is 6.15. The van der Waals surface area contributed by atoms with E-state index in [4.69, 9.17) is 5.73 Å². The van der Waals surface area contributed by atoms with Crippen LogP contribution in [0.5, 0.6) is 0 Å². The van der Waals surface area contributed by atoms with E-state index in [1.807, 2.05) is 12.3 Å². The molecule has 0 aliphatic heterocycles. The Morgan fingerprint density at radius 2 is 2.33 bits per heavy atom. The molecular weight excluding hydrogens is 290 g/mol. The van der Waals surface area contributed by atoms with Crippen molar-refractivity contribution in [2.24, 2.45) is 11.7 Å². The van der Waals surface area contributed by atoms with Crippen LogP contribution in [0.25, 0.3) is 0 Å². The van der Waals surface area contributed by atoms with Gasteiger partial charge in [0.25, 0.3) is 0 Å². The summed E-state index contributed by atoms with van der Waals surface area (Å²) in [6, 6.07) is 0.503. The maximum absolute atomic E-state index is 12.2. The Morgan fingerprint density at radius 3 is 2.90 bits per heavy atom. The lowest BCUT2D eigenvalue weighted by molar-refractivity contribution is -0.118. The van der Waals surface area contributed by atoms with Crippen molar-refractivity contribution in [1.29, 1.82) is 0 Å². The molecule has 3 amide bonds. The third kappa shape index (κ3) is 4.38. The molecule has 21 heavy (non-hydrogen) atoms. The first kappa shape index (κ1) is 15.7. The highest BCUT2D eigenvalue weighted by Gasteiger charge is 2.35. The lowest BCUT2D eigenvalue weighted by Crippen LogP contribution is -2.46. The van der Waals surface area contributed by atoms with Crippen LogP contribution in [-0.4, -0.2) is 40.2 Å². The van der Waals surface area contributed by atoms with Gasteiger partial charge in [-0.1, -0.05) is 6.92 Å². The number of primary amides is 1. The summed E-state index contributed by atoms with van der Waals surface area (Å²) in [6.45, 7) is 2.18. The molecule has 0 aromatic carbocycles. The summed E-state index contributed by atoms with van der Waals surface area (Å²) >= 11 is 1.60. The molecule has 1 aromatic heterocycles. The van der Waals surface area contributed by atoms with Gasteiger partial charge < -0.3 is 16.4 Å². The number of nitrogens with zero attached hydrogens (tertiary/aromatic N) is 1. The van der Waals surface area contributed by atoms with E-state index in [1.165, 1.54) is 0 Å². The van der Waals surface area contributed by atoms with Gasteiger partial charge >= 0.3 is 6.03 Å². The van der Waals surface area contributed by atoms with E-state index >= 15 is 0 Å². The molecule has 0 saturated heterocycles. The van der Waals surface area contributed by atoms with Crippen molar-refractivity contribution in [2.45, 2.75) is 31.7 Å². The zero-order valence-electron chi connectivity index (χ0n) is 12.2. The van der Waals surface area contributed by atoms with Crippen LogP contribution in [0.1, 0.15) is 31.4 Å². The first-order chi connectivity index (χ1) is 10.0. The van der Waals surface area contributed by atoms with E-state index in [9.17, 15) is 9.59 Å². The van der Waals surface area contributed by atoms with Crippen molar-refractivity contribution < 1.29 is 9.59 Å². The minimum Gasteiger partial charge on any atom is -0.352 e. The number of thioether (sulfide) groups is 1. The molecule has 0 spiro atoms. The molecule has 1 fully saturated rings. The van der Waals surface area contributed by atoms with Gasteiger partial charge in [-0.3, -0.25) is 9.89 Å². The number of carbonyl (C=O) groups excluding carboxylic acids is 2. The van der Waals surface area contributed by atoms with Crippen molar-refractivity contribution in [1.82, 2.24) is 15.5 Å². The molecule has 1 aliphatic carbocycles. The first-order valence-corrected chi connectivity index (χ1v) is 8.31. The number of aromatic amines is 1. The maximum atomic E-state index is 12.2. The predicted molar refractivity (Wildman–Crippen MR) is 83.2 cm³/mol. The smallest absolute Gasteiger partial charge is 0.312 e. The Hall–Kier alpha value is -1.70. The van der Waals surface area contributed by atoms with Gasteiger partial charge in [0.1, 0.15) is 6.04 Å². The molecule has 8 heteroatoms. The number of carbonyl (C=O) groups is 2. The first-order valence-electron chi connectivity index (χ1n) is 6.92. The molecule has 7 nitrogen and oxygen atoms in total. The quantitative estimate of drug-likeness (QED) is 0.607. The summed E-state index contributed by atoms with van der Waals surface area (Å²) in [6.07, 6.45) is 3.61. The van der Waals surface area contributed by atoms with Gasteiger partial charge in [-0.05, 0) is 30.8 Å². The van der Waals surface area contributed by atoms with Crippen molar-refractivity contribution in [2.75, 3.05) is 17.3 Å². The van der Waals surface area contributed by atoms with E-state index in [2.05, 4.69) is 27.8 Å². The topological polar surface area (TPSA) is 113 Å².